The summed E-state index contributed by atoms with van der Waals surface area (Å²) in [4.78, 5) is 14.2. The van der Waals surface area contributed by atoms with E-state index in [1.54, 1.807) is 6.20 Å². The highest BCUT2D eigenvalue weighted by atomic mass is 16.5. The second-order valence-corrected chi connectivity index (χ2v) is 7.34. The van der Waals surface area contributed by atoms with Crippen LogP contribution in [0.3, 0.4) is 0 Å². The topological polar surface area (TPSA) is 47.9 Å². The third-order valence-electron chi connectivity index (χ3n) is 5.06. The van der Waals surface area contributed by atoms with Gasteiger partial charge in [-0.1, -0.05) is 72.8 Å². The highest BCUT2D eigenvalue weighted by Gasteiger charge is 2.11. The van der Waals surface area contributed by atoms with Gasteiger partial charge in [0.1, 0.15) is 12.4 Å². The van der Waals surface area contributed by atoms with Gasteiger partial charge < -0.3 is 4.74 Å². The Hall–Kier alpha value is -4.31. The molecule has 0 bridgehead atoms. The molecule has 0 spiro atoms. The predicted octanol–water partition coefficient (Wildman–Crippen LogP) is 6.45. The van der Waals surface area contributed by atoms with Crippen LogP contribution in [-0.2, 0) is 6.61 Å². The van der Waals surface area contributed by atoms with Crippen molar-refractivity contribution in [1.82, 2.24) is 15.0 Å². The predicted molar refractivity (Wildman–Crippen MR) is 127 cm³/mol. The van der Waals surface area contributed by atoms with Crippen molar-refractivity contribution >= 4 is 0 Å². The molecule has 0 saturated heterocycles. The molecule has 154 valence electrons. The smallest absolute Gasteiger partial charge is 0.124 e. The van der Waals surface area contributed by atoms with Crippen LogP contribution in [0.5, 0.6) is 5.75 Å². The number of pyridine rings is 3. The van der Waals surface area contributed by atoms with Gasteiger partial charge in [-0.05, 0) is 29.8 Å². The van der Waals surface area contributed by atoms with E-state index in [4.69, 9.17) is 14.7 Å². The van der Waals surface area contributed by atoms with Crippen LogP contribution < -0.4 is 4.74 Å². The van der Waals surface area contributed by atoms with Gasteiger partial charge in [-0.25, -0.2) is 9.97 Å². The van der Waals surface area contributed by atoms with E-state index in [0.29, 0.717) is 6.61 Å². The molecule has 0 aliphatic carbocycles. The Morgan fingerprint density at radius 1 is 0.531 bits per heavy atom. The van der Waals surface area contributed by atoms with Crippen LogP contribution >= 0.6 is 0 Å². The molecule has 3 aromatic heterocycles. The Labute approximate surface area is 187 Å². The molecule has 4 heteroatoms. The van der Waals surface area contributed by atoms with Crippen LogP contribution in [0.2, 0.25) is 0 Å². The molecule has 0 saturated carbocycles. The molecule has 0 aliphatic rings. The van der Waals surface area contributed by atoms with Gasteiger partial charge in [-0.15, -0.1) is 0 Å². The highest BCUT2D eigenvalue weighted by Crippen LogP contribution is 2.28. The van der Waals surface area contributed by atoms with Crippen molar-refractivity contribution in [3.63, 3.8) is 0 Å². The number of ether oxygens (including phenoxy) is 1. The first-order valence-electron chi connectivity index (χ1n) is 10.5. The number of benzene rings is 2. The van der Waals surface area contributed by atoms with Crippen LogP contribution in [0, 0.1) is 0 Å². The average Bonchev–Trinajstić information content (AvgIpc) is 2.89. The molecule has 0 fully saturated rings. The van der Waals surface area contributed by atoms with Gasteiger partial charge in [0.25, 0.3) is 0 Å². The van der Waals surface area contributed by atoms with Crippen LogP contribution in [0.1, 0.15) is 5.56 Å². The molecule has 5 aromatic rings. The first-order chi connectivity index (χ1) is 15.8. The Balaban J connectivity index is 1.54. The molecule has 0 unspecified atom stereocenters. The summed E-state index contributed by atoms with van der Waals surface area (Å²) in [5, 5.41) is 0. The number of hydrogen-bond donors (Lipinski definition) is 0. The molecule has 0 atom stereocenters. The highest BCUT2D eigenvalue weighted by molar-refractivity contribution is 5.68. The summed E-state index contributed by atoms with van der Waals surface area (Å²) in [6.07, 6.45) is 1.77. The molecule has 4 nitrogen and oxygen atoms in total. The van der Waals surface area contributed by atoms with Gasteiger partial charge in [0.05, 0.1) is 28.5 Å². The Kier molecular flexibility index (Phi) is 5.66. The van der Waals surface area contributed by atoms with Crippen molar-refractivity contribution in [2.75, 3.05) is 0 Å². The van der Waals surface area contributed by atoms with Crippen LogP contribution in [0.25, 0.3) is 34.0 Å². The third-order valence-corrected chi connectivity index (χ3v) is 5.06. The Bertz CT molecular complexity index is 1310. The van der Waals surface area contributed by atoms with E-state index in [1.165, 1.54) is 0 Å². The largest absolute Gasteiger partial charge is 0.489 e. The van der Waals surface area contributed by atoms with Crippen molar-refractivity contribution < 1.29 is 4.74 Å². The fourth-order valence-electron chi connectivity index (χ4n) is 3.45. The van der Waals surface area contributed by atoms with Crippen LogP contribution in [0.15, 0.2) is 115 Å². The normalized spacial score (nSPS) is 10.6. The maximum absolute atomic E-state index is 6.14. The standard InChI is InChI=1S/C28H21N3O/c1-3-10-21(11-4-1)20-32-23-18-27(25-14-7-8-17-29-25)31-28(19-23)26-16-9-15-24(30-26)22-12-5-2-6-13-22/h1-19H,20H2. The number of nitrogens with zero attached hydrogens (tertiary/aromatic N) is 3. The zero-order valence-corrected chi connectivity index (χ0v) is 17.4. The Morgan fingerprint density at radius 3 is 1.91 bits per heavy atom. The lowest BCUT2D eigenvalue weighted by Gasteiger charge is -2.11. The molecule has 3 heterocycles. The molecule has 0 radical (unpaired) electrons. The zero-order chi connectivity index (χ0) is 21.6. The lowest BCUT2D eigenvalue weighted by molar-refractivity contribution is 0.306. The van der Waals surface area contributed by atoms with Crippen molar-refractivity contribution in [2.45, 2.75) is 6.61 Å². The molecule has 0 amide bonds. The first-order valence-corrected chi connectivity index (χ1v) is 10.5. The first kappa shape index (κ1) is 19.6. The second kappa shape index (κ2) is 9.23. The van der Waals surface area contributed by atoms with Gasteiger partial charge in [0.2, 0.25) is 0 Å². The zero-order valence-electron chi connectivity index (χ0n) is 17.4. The van der Waals surface area contributed by atoms with Gasteiger partial charge in [0.15, 0.2) is 0 Å². The summed E-state index contributed by atoms with van der Waals surface area (Å²) in [6, 6.07) is 35.9. The maximum atomic E-state index is 6.14. The maximum Gasteiger partial charge on any atom is 0.124 e. The summed E-state index contributed by atoms with van der Waals surface area (Å²) in [6.45, 7) is 0.476. The SMILES string of the molecule is c1ccc(COc2cc(-c3ccccn3)nc(-c3cccc(-c4ccccc4)n3)c2)cc1. The van der Waals surface area contributed by atoms with Crippen molar-refractivity contribution in [1.29, 1.82) is 0 Å². The summed E-state index contributed by atoms with van der Waals surface area (Å²) in [5.41, 5.74) is 6.14. The summed E-state index contributed by atoms with van der Waals surface area (Å²) >= 11 is 0. The van der Waals surface area contributed by atoms with Crippen molar-refractivity contribution in [2.24, 2.45) is 0 Å². The van der Waals surface area contributed by atoms with Gasteiger partial charge >= 0.3 is 0 Å². The molecular weight excluding hydrogens is 394 g/mol. The fourth-order valence-corrected chi connectivity index (χ4v) is 3.45. The summed E-state index contributed by atoms with van der Waals surface area (Å²) in [5.74, 6) is 0.728. The minimum absolute atomic E-state index is 0.476. The molecule has 0 aliphatic heterocycles. The monoisotopic (exact) mass is 415 g/mol. The number of hydrogen-bond acceptors (Lipinski definition) is 4. The van der Waals surface area contributed by atoms with E-state index < -0.39 is 0 Å². The lowest BCUT2D eigenvalue weighted by atomic mass is 10.1. The molecule has 0 N–H and O–H groups in total. The van der Waals surface area contributed by atoms with Gasteiger partial charge in [-0.3, -0.25) is 4.98 Å². The van der Waals surface area contributed by atoms with Gasteiger partial charge in [-0.2, -0.15) is 0 Å². The number of aromatic nitrogens is 3. The van der Waals surface area contributed by atoms with E-state index in [2.05, 4.69) is 17.1 Å². The number of rotatable bonds is 6. The molecule has 5 rings (SSSR count). The van der Waals surface area contributed by atoms with Crippen LogP contribution in [-0.4, -0.2) is 15.0 Å². The minimum Gasteiger partial charge on any atom is -0.489 e. The van der Waals surface area contributed by atoms with Gasteiger partial charge in [0, 0.05) is 23.9 Å². The summed E-state index contributed by atoms with van der Waals surface area (Å²) in [7, 11) is 0. The summed E-state index contributed by atoms with van der Waals surface area (Å²) < 4.78 is 6.14. The second-order valence-electron chi connectivity index (χ2n) is 7.34. The van der Waals surface area contributed by atoms with E-state index in [9.17, 15) is 0 Å². The van der Waals surface area contributed by atoms with E-state index in [-0.39, 0.29) is 0 Å². The van der Waals surface area contributed by atoms with E-state index in [0.717, 1.165) is 45.3 Å². The quantitative estimate of drug-likeness (QED) is 0.320. The van der Waals surface area contributed by atoms with E-state index in [1.807, 2.05) is 97.1 Å². The lowest BCUT2D eigenvalue weighted by Crippen LogP contribution is -1.99. The fraction of sp³-hybridized carbons (Fsp3) is 0.0357. The molecule has 32 heavy (non-hydrogen) atoms. The minimum atomic E-state index is 0.476. The van der Waals surface area contributed by atoms with Crippen molar-refractivity contribution in [3.05, 3.63) is 121 Å². The third kappa shape index (κ3) is 4.55. The molecule has 2 aromatic carbocycles. The van der Waals surface area contributed by atoms with Crippen LogP contribution in [0.4, 0.5) is 0 Å². The molecular formula is C28H21N3O. The van der Waals surface area contributed by atoms with Crippen molar-refractivity contribution in [3.8, 4) is 39.8 Å². The average molecular weight is 415 g/mol. The van der Waals surface area contributed by atoms with E-state index >= 15 is 0 Å². The Morgan fingerprint density at radius 2 is 1.16 bits per heavy atom.